The highest BCUT2D eigenvalue weighted by atomic mass is 79.9. The highest BCUT2D eigenvalue weighted by Crippen LogP contribution is 2.27. The topological polar surface area (TPSA) is 25.2 Å². The van der Waals surface area contributed by atoms with Crippen molar-refractivity contribution in [1.29, 1.82) is 0 Å². The summed E-state index contributed by atoms with van der Waals surface area (Å²) in [6, 6.07) is 8.99. The molecule has 0 atom stereocenters. The highest BCUT2D eigenvalue weighted by Gasteiger charge is 2.10. The molecule has 18 heavy (non-hydrogen) atoms. The molecule has 1 aromatic carbocycles. The summed E-state index contributed by atoms with van der Waals surface area (Å²) < 4.78 is 20.1. The van der Waals surface area contributed by atoms with Crippen molar-refractivity contribution in [2.24, 2.45) is 0 Å². The third-order valence-electron chi connectivity index (χ3n) is 2.54. The molecular weight excluding hydrogens is 297 g/mol. The summed E-state index contributed by atoms with van der Waals surface area (Å²) in [4.78, 5) is 0. The zero-order valence-electron chi connectivity index (χ0n) is 10.3. The van der Waals surface area contributed by atoms with E-state index in [1.165, 1.54) is 6.07 Å². The lowest BCUT2D eigenvalue weighted by atomic mass is 10.1. The molecule has 2 rings (SSSR count). The molecule has 1 aromatic heterocycles. The molecule has 1 heterocycles. The number of hydrogen-bond donors (Lipinski definition) is 1. The van der Waals surface area contributed by atoms with Gasteiger partial charge in [0, 0.05) is 10.5 Å². The van der Waals surface area contributed by atoms with Crippen LogP contribution in [-0.4, -0.2) is 6.04 Å². The lowest BCUT2D eigenvalue weighted by Crippen LogP contribution is -2.21. The van der Waals surface area contributed by atoms with E-state index in [0.29, 0.717) is 23.9 Å². The fourth-order valence-electron chi connectivity index (χ4n) is 1.61. The quantitative estimate of drug-likeness (QED) is 0.908. The Morgan fingerprint density at radius 3 is 2.72 bits per heavy atom. The van der Waals surface area contributed by atoms with E-state index in [0.717, 1.165) is 10.2 Å². The second-order valence-electron chi connectivity index (χ2n) is 4.43. The Morgan fingerprint density at radius 2 is 2.06 bits per heavy atom. The van der Waals surface area contributed by atoms with Gasteiger partial charge in [0.1, 0.15) is 17.3 Å². The van der Waals surface area contributed by atoms with E-state index >= 15 is 0 Å². The van der Waals surface area contributed by atoms with Crippen LogP contribution in [0.5, 0.6) is 0 Å². The first kappa shape index (κ1) is 13.3. The van der Waals surface area contributed by atoms with E-state index < -0.39 is 0 Å². The van der Waals surface area contributed by atoms with Gasteiger partial charge < -0.3 is 9.73 Å². The van der Waals surface area contributed by atoms with Crippen LogP contribution in [-0.2, 0) is 6.54 Å². The molecule has 96 valence electrons. The second kappa shape index (κ2) is 5.67. The van der Waals surface area contributed by atoms with Gasteiger partial charge in [0.2, 0.25) is 0 Å². The van der Waals surface area contributed by atoms with Crippen molar-refractivity contribution in [3.05, 3.63) is 46.4 Å². The van der Waals surface area contributed by atoms with E-state index in [4.69, 9.17) is 4.42 Å². The second-order valence-corrected chi connectivity index (χ2v) is 5.34. The zero-order chi connectivity index (χ0) is 13.1. The molecule has 0 saturated heterocycles. The van der Waals surface area contributed by atoms with Crippen molar-refractivity contribution in [2.45, 2.75) is 26.4 Å². The normalized spacial score (nSPS) is 11.2. The first-order chi connectivity index (χ1) is 8.56. The molecule has 0 bridgehead atoms. The number of benzene rings is 1. The molecular formula is C14H15BrFNO. The predicted octanol–water partition coefficient (Wildman–Crippen LogP) is 4.35. The lowest BCUT2D eigenvalue weighted by molar-refractivity contribution is 0.471. The molecule has 0 radical (unpaired) electrons. The van der Waals surface area contributed by atoms with Gasteiger partial charge in [-0.05, 0) is 30.3 Å². The molecule has 1 N–H and O–H groups in total. The van der Waals surface area contributed by atoms with Crippen LogP contribution in [0.25, 0.3) is 11.3 Å². The Bertz CT molecular complexity index is 536. The Balaban J connectivity index is 2.18. The number of nitrogens with one attached hydrogen (secondary N) is 1. The van der Waals surface area contributed by atoms with Crippen LogP contribution >= 0.6 is 15.9 Å². The minimum Gasteiger partial charge on any atom is -0.460 e. The van der Waals surface area contributed by atoms with E-state index in [-0.39, 0.29) is 5.82 Å². The van der Waals surface area contributed by atoms with Crippen molar-refractivity contribution < 1.29 is 8.81 Å². The summed E-state index contributed by atoms with van der Waals surface area (Å²) >= 11 is 3.23. The van der Waals surface area contributed by atoms with Crippen LogP contribution in [0.2, 0.25) is 0 Å². The molecule has 0 aliphatic rings. The summed E-state index contributed by atoms with van der Waals surface area (Å²) in [7, 11) is 0. The summed E-state index contributed by atoms with van der Waals surface area (Å²) in [5.74, 6) is 1.07. The van der Waals surface area contributed by atoms with Gasteiger partial charge in [0.05, 0.1) is 12.1 Å². The molecule has 0 unspecified atom stereocenters. The molecule has 0 fully saturated rings. The first-order valence-electron chi connectivity index (χ1n) is 5.84. The average molecular weight is 312 g/mol. The maximum atomic E-state index is 13.8. The van der Waals surface area contributed by atoms with E-state index in [1.807, 2.05) is 6.07 Å². The summed E-state index contributed by atoms with van der Waals surface area (Å²) in [5.41, 5.74) is 0.481. The molecule has 0 aliphatic heterocycles. The Hall–Kier alpha value is -1.13. The maximum absolute atomic E-state index is 13.8. The third-order valence-corrected chi connectivity index (χ3v) is 3.04. The SMILES string of the molecule is CC(C)NCc1ccc(-c2ccc(Br)cc2F)o1. The molecule has 0 saturated carbocycles. The van der Waals surface area contributed by atoms with Gasteiger partial charge in [-0.25, -0.2) is 4.39 Å². The maximum Gasteiger partial charge on any atom is 0.137 e. The van der Waals surface area contributed by atoms with Gasteiger partial charge in [0.15, 0.2) is 0 Å². The molecule has 2 aromatic rings. The van der Waals surface area contributed by atoms with Crippen molar-refractivity contribution in [2.75, 3.05) is 0 Å². The first-order valence-corrected chi connectivity index (χ1v) is 6.63. The smallest absolute Gasteiger partial charge is 0.137 e. The number of halogens is 2. The number of furan rings is 1. The molecule has 0 amide bonds. The van der Waals surface area contributed by atoms with Gasteiger partial charge in [-0.1, -0.05) is 29.8 Å². The summed E-state index contributed by atoms with van der Waals surface area (Å²) in [6.07, 6.45) is 0. The fraction of sp³-hybridized carbons (Fsp3) is 0.286. The third kappa shape index (κ3) is 3.21. The molecule has 2 nitrogen and oxygen atoms in total. The predicted molar refractivity (Wildman–Crippen MR) is 73.8 cm³/mol. The van der Waals surface area contributed by atoms with Gasteiger partial charge in [-0.3, -0.25) is 0 Å². The van der Waals surface area contributed by atoms with E-state index in [2.05, 4.69) is 35.1 Å². The molecule has 0 spiro atoms. The fourth-order valence-corrected chi connectivity index (χ4v) is 1.94. The van der Waals surface area contributed by atoms with E-state index in [1.54, 1.807) is 18.2 Å². The van der Waals surface area contributed by atoms with Gasteiger partial charge in [-0.15, -0.1) is 0 Å². The van der Waals surface area contributed by atoms with Crippen LogP contribution in [0.3, 0.4) is 0 Å². The number of rotatable bonds is 4. The van der Waals surface area contributed by atoms with Crippen LogP contribution in [0.1, 0.15) is 19.6 Å². The largest absolute Gasteiger partial charge is 0.460 e. The van der Waals surface area contributed by atoms with Crippen LogP contribution in [0, 0.1) is 5.82 Å². The van der Waals surface area contributed by atoms with Gasteiger partial charge in [0.25, 0.3) is 0 Å². The molecule has 4 heteroatoms. The standard InChI is InChI=1S/C14H15BrFNO/c1-9(2)17-8-11-4-6-14(18-11)12-5-3-10(15)7-13(12)16/h3-7,9,17H,8H2,1-2H3. The summed E-state index contributed by atoms with van der Waals surface area (Å²) in [6.45, 7) is 4.78. The Kier molecular flexibility index (Phi) is 4.19. The van der Waals surface area contributed by atoms with Gasteiger partial charge >= 0.3 is 0 Å². The lowest BCUT2D eigenvalue weighted by Gasteiger charge is -2.05. The summed E-state index contributed by atoms with van der Waals surface area (Å²) in [5, 5.41) is 3.26. The highest BCUT2D eigenvalue weighted by molar-refractivity contribution is 9.10. The zero-order valence-corrected chi connectivity index (χ0v) is 11.9. The van der Waals surface area contributed by atoms with E-state index in [9.17, 15) is 4.39 Å². The number of hydrogen-bond acceptors (Lipinski definition) is 2. The minimum atomic E-state index is -0.290. The van der Waals surface area contributed by atoms with Gasteiger partial charge in [-0.2, -0.15) is 0 Å². The molecule has 0 aliphatic carbocycles. The average Bonchev–Trinajstić information content (AvgIpc) is 2.75. The van der Waals surface area contributed by atoms with Crippen LogP contribution in [0.15, 0.2) is 39.2 Å². The minimum absolute atomic E-state index is 0.290. The van der Waals surface area contributed by atoms with Crippen molar-refractivity contribution in [3.8, 4) is 11.3 Å². The van der Waals surface area contributed by atoms with Crippen molar-refractivity contribution >= 4 is 15.9 Å². The van der Waals surface area contributed by atoms with Crippen molar-refractivity contribution in [3.63, 3.8) is 0 Å². The Morgan fingerprint density at radius 1 is 1.28 bits per heavy atom. The van der Waals surface area contributed by atoms with Crippen LogP contribution in [0.4, 0.5) is 4.39 Å². The van der Waals surface area contributed by atoms with Crippen LogP contribution < -0.4 is 5.32 Å². The monoisotopic (exact) mass is 311 g/mol. The van der Waals surface area contributed by atoms with Crippen molar-refractivity contribution in [1.82, 2.24) is 5.32 Å². The Labute approximate surface area is 114 Å².